The quantitative estimate of drug-likeness (QED) is 0.811. The highest BCUT2D eigenvalue weighted by atomic mass is 35.5. The molecular formula is C14H17ClN2S. The van der Waals surface area contributed by atoms with Gasteiger partial charge in [-0.3, -0.25) is 0 Å². The molecule has 0 aliphatic heterocycles. The van der Waals surface area contributed by atoms with E-state index in [0.717, 1.165) is 17.7 Å². The van der Waals surface area contributed by atoms with Crippen LogP contribution in [0.5, 0.6) is 0 Å². The SMILES string of the molecule is CCc1ccc(C(C)Nc2cnc(Cl)c(C)c2)s1. The molecule has 0 aromatic carbocycles. The van der Waals surface area contributed by atoms with Gasteiger partial charge in [0.1, 0.15) is 5.15 Å². The molecule has 2 nitrogen and oxygen atoms in total. The Hall–Kier alpha value is -1.06. The van der Waals surface area contributed by atoms with Crippen LogP contribution in [0.25, 0.3) is 0 Å². The van der Waals surface area contributed by atoms with E-state index in [4.69, 9.17) is 11.6 Å². The fourth-order valence-electron chi connectivity index (χ4n) is 1.78. The summed E-state index contributed by atoms with van der Waals surface area (Å²) in [5.41, 5.74) is 2.00. The molecule has 18 heavy (non-hydrogen) atoms. The predicted octanol–water partition coefficient (Wildman–Crippen LogP) is 4.84. The molecule has 4 heteroatoms. The molecule has 2 rings (SSSR count). The van der Waals surface area contributed by atoms with Crippen molar-refractivity contribution in [3.05, 3.63) is 44.9 Å². The van der Waals surface area contributed by atoms with Gasteiger partial charge in [-0.05, 0) is 44.0 Å². The molecule has 0 aliphatic carbocycles. The second-order valence-corrected chi connectivity index (χ2v) is 5.91. The number of nitrogens with zero attached hydrogens (tertiary/aromatic N) is 1. The number of hydrogen-bond acceptors (Lipinski definition) is 3. The number of thiophene rings is 1. The first-order chi connectivity index (χ1) is 8.60. The van der Waals surface area contributed by atoms with Gasteiger partial charge in [-0.25, -0.2) is 4.98 Å². The summed E-state index contributed by atoms with van der Waals surface area (Å²) in [5, 5.41) is 4.02. The molecule has 2 aromatic heterocycles. The summed E-state index contributed by atoms with van der Waals surface area (Å²) < 4.78 is 0. The number of hydrogen-bond donors (Lipinski definition) is 1. The lowest BCUT2D eigenvalue weighted by Crippen LogP contribution is -2.05. The van der Waals surface area contributed by atoms with E-state index in [1.807, 2.05) is 24.3 Å². The minimum Gasteiger partial charge on any atom is -0.376 e. The Morgan fingerprint density at radius 3 is 2.83 bits per heavy atom. The number of pyridine rings is 1. The minimum absolute atomic E-state index is 0.290. The normalized spacial score (nSPS) is 12.4. The van der Waals surface area contributed by atoms with E-state index in [9.17, 15) is 0 Å². The average Bonchev–Trinajstić information content (AvgIpc) is 2.82. The van der Waals surface area contributed by atoms with Crippen molar-refractivity contribution in [2.45, 2.75) is 33.2 Å². The molecule has 0 amide bonds. The zero-order chi connectivity index (χ0) is 13.1. The van der Waals surface area contributed by atoms with Crippen LogP contribution in [0.3, 0.4) is 0 Å². The maximum Gasteiger partial charge on any atom is 0.132 e. The van der Waals surface area contributed by atoms with Crippen molar-refractivity contribution < 1.29 is 0 Å². The third-order valence-corrected chi connectivity index (χ3v) is 4.66. The molecule has 0 saturated heterocycles. The van der Waals surface area contributed by atoms with Crippen LogP contribution in [0.15, 0.2) is 24.4 Å². The third kappa shape index (κ3) is 3.03. The van der Waals surface area contributed by atoms with Gasteiger partial charge >= 0.3 is 0 Å². The lowest BCUT2D eigenvalue weighted by Gasteiger charge is -2.14. The van der Waals surface area contributed by atoms with Crippen LogP contribution in [0.1, 0.15) is 35.2 Å². The first-order valence-corrected chi connectivity index (χ1v) is 7.27. The summed E-state index contributed by atoms with van der Waals surface area (Å²) in [4.78, 5) is 6.92. The van der Waals surface area contributed by atoms with E-state index < -0.39 is 0 Å². The molecule has 1 atom stereocenters. The van der Waals surface area contributed by atoms with E-state index >= 15 is 0 Å². The molecule has 0 aliphatic rings. The maximum atomic E-state index is 5.92. The van der Waals surface area contributed by atoms with Crippen LogP contribution in [0.2, 0.25) is 5.15 Å². The number of aromatic nitrogens is 1. The molecule has 0 radical (unpaired) electrons. The van der Waals surface area contributed by atoms with Crippen LogP contribution >= 0.6 is 22.9 Å². The number of nitrogens with one attached hydrogen (secondary N) is 1. The summed E-state index contributed by atoms with van der Waals surface area (Å²) in [6.07, 6.45) is 2.87. The second kappa shape index (κ2) is 5.72. The Labute approximate surface area is 117 Å². The highest BCUT2D eigenvalue weighted by molar-refractivity contribution is 7.12. The lowest BCUT2D eigenvalue weighted by molar-refractivity contribution is 0.905. The highest BCUT2D eigenvalue weighted by Crippen LogP contribution is 2.27. The Morgan fingerprint density at radius 1 is 1.44 bits per heavy atom. The maximum absolute atomic E-state index is 5.92. The Morgan fingerprint density at radius 2 is 2.22 bits per heavy atom. The zero-order valence-corrected chi connectivity index (χ0v) is 12.4. The molecule has 0 saturated carbocycles. The van der Waals surface area contributed by atoms with Gasteiger partial charge in [0.15, 0.2) is 0 Å². The fraction of sp³-hybridized carbons (Fsp3) is 0.357. The van der Waals surface area contributed by atoms with Gasteiger partial charge < -0.3 is 5.32 Å². The van der Waals surface area contributed by atoms with Crippen molar-refractivity contribution in [2.24, 2.45) is 0 Å². The Kier molecular flexibility index (Phi) is 4.25. The Bertz CT molecular complexity index is 536. The first-order valence-electron chi connectivity index (χ1n) is 6.07. The van der Waals surface area contributed by atoms with Crippen molar-refractivity contribution in [1.82, 2.24) is 4.98 Å². The number of halogens is 1. The molecule has 0 spiro atoms. The summed E-state index contributed by atoms with van der Waals surface area (Å²) in [6.45, 7) is 6.31. The van der Waals surface area contributed by atoms with Gasteiger partial charge in [0.2, 0.25) is 0 Å². The van der Waals surface area contributed by atoms with Gasteiger partial charge in [0.05, 0.1) is 17.9 Å². The molecule has 0 bridgehead atoms. The summed E-state index contributed by atoms with van der Waals surface area (Å²) in [6, 6.07) is 6.71. The van der Waals surface area contributed by atoms with Crippen molar-refractivity contribution in [1.29, 1.82) is 0 Å². The first kappa shape index (κ1) is 13.4. The monoisotopic (exact) mass is 280 g/mol. The third-order valence-electron chi connectivity index (χ3n) is 2.86. The standard InChI is InChI=1S/C14H17ClN2S/c1-4-12-5-6-13(18-12)10(3)17-11-7-9(2)14(15)16-8-11/h5-8,10,17H,4H2,1-3H3. The van der Waals surface area contributed by atoms with E-state index in [1.54, 1.807) is 6.20 Å². The second-order valence-electron chi connectivity index (χ2n) is 4.36. The van der Waals surface area contributed by atoms with Crippen molar-refractivity contribution in [3.8, 4) is 0 Å². The van der Waals surface area contributed by atoms with Crippen LogP contribution < -0.4 is 5.32 Å². The van der Waals surface area contributed by atoms with E-state index in [-0.39, 0.29) is 6.04 Å². The molecule has 2 heterocycles. The average molecular weight is 281 g/mol. The Balaban J connectivity index is 2.10. The van der Waals surface area contributed by atoms with Gasteiger partial charge in [0, 0.05) is 9.75 Å². The number of rotatable bonds is 4. The van der Waals surface area contributed by atoms with Crippen LogP contribution in [0.4, 0.5) is 5.69 Å². The molecule has 0 fully saturated rings. The molecular weight excluding hydrogens is 264 g/mol. The van der Waals surface area contributed by atoms with Crippen LogP contribution in [-0.4, -0.2) is 4.98 Å². The highest BCUT2D eigenvalue weighted by Gasteiger charge is 2.09. The van der Waals surface area contributed by atoms with Crippen molar-refractivity contribution in [2.75, 3.05) is 5.32 Å². The van der Waals surface area contributed by atoms with E-state index in [1.165, 1.54) is 9.75 Å². The van der Waals surface area contributed by atoms with Gasteiger partial charge in [-0.2, -0.15) is 0 Å². The summed E-state index contributed by atoms with van der Waals surface area (Å²) in [7, 11) is 0. The van der Waals surface area contributed by atoms with Gasteiger partial charge in [0.25, 0.3) is 0 Å². The van der Waals surface area contributed by atoms with Crippen LogP contribution in [-0.2, 0) is 6.42 Å². The lowest BCUT2D eigenvalue weighted by atomic mass is 10.2. The van der Waals surface area contributed by atoms with E-state index in [2.05, 4.69) is 36.3 Å². The smallest absolute Gasteiger partial charge is 0.132 e. The molecule has 1 N–H and O–H groups in total. The summed E-state index contributed by atoms with van der Waals surface area (Å²) >= 11 is 7.78. The van der Waals surface area contributed by atoms with Crippen molar-refractivity contribution >= 4 is 28.6 Å². The minimum atomic E-state index is 0.290. The molecule has 2 aromatic rings. The topological polar surface area (TPSA) is 24.9 Å². The van der Waals surface area contributed by atoms with Crippen molar-refractivity contribution in [3.63, 3.8) is 0 Å². The van der Waals surface area contributed by atoms with Gasteiger partial charge in [-0.15, -0.1) is 11.3 Å². The predicted molar refractivity (Wildman–Crippen MR) is 79.7 cm³/mol. The van der Waals surface area contributed by atoms with Gasteiger partial charge in [-0.1, -0.05) is 18.5 Å². The largest absolute Gasteiger partial charge is 0.376 e. The molecule has 96 valence electrons. The summed E-state index contributed by atoms with van der Waals surface area (Å²) in [5.74, 6) is 0. The molecule has 1 unspecified atom stereocenters. The zero-order valence-electron chi connectivity index (χ0n) is 10.8. The number of aryl methyl sites for hydroxylation is 2. The van der Waals surface area contributed by atoms with E-state index in [0.29, 0.717) is 5.15 Å². The number of anilines is 1. The fourth-order valence-corrected chi connectivity index (χ4v) is 2.83. The van der Waals surface area contributed by atoms with Crippen LogP contribution in [0, 0.1) is 6.92 Å².